The van der Waals surface area contributed by atoms with E-state index in [9.17, 15) is 0 Å². The van der Waals surface area contributed by atoms with Gasteiger partial charge < -0.3 is 10.6 Å². The third-order valence-corrected chi connectivity index (χ3v) is 4.40. The highest BCUT2D eigenvalue weighted by Crippen LogP contribution is 2.30. The molecule has 0 spiro atoms. The highest BCUT2D eigenvalue weighted by Gasteiger charge is 2.24. The summed E-state index contributed by atoms with van der Waals surface area (Å²) in [4.78, 5) is 7.42. The molecule has 1 aromatic rings. The van der Waals surface area contributed by atoms with E-state index in [1.165, 1.54) is 54.7 Å². The van der Waals surface area contributed by atoms with Crippen LogP contribution < -0.4 is 10.6 Å². The standard InChI is InChI=1S/C15H23N3/c1-11-5-2-3-8-18(11)15-13(10-16)9-12-6-4-7-14(12)17-15/h9,11H,2-8,10,16H2,1H3. The number of aromatic nitrogens is 1. The van der Waals surface area contributed by atoms with Crippen molar-refractivity contribution >= 4 is 5.82 Å². The molecule has 98 valence electrons. The first-order valence-corrected chi connectivity index (χ1v) is 7.28. The smallest absolute Gasteiger partial charge is 0.133 e. The quantitative estimate of drug-likeness (QED) is 0.870. The lowest BCUT2D eigenvalue weighted by Gasteiger charge is -2.36. The molecule has 3 nitrogen and oxygen atoms in total. The van der Waals surface area contributed by atoms with Crippen LogP contribution in [0.4, 0.5) is 5.82 Å². The third kappa shape index (κ3) is 2.01. The molecule has 1 atom stereocenters. The number of aryl methyl sites for hydroxylation is 2. The molecule has 3 rings (SSSR count). The van der Waals surface area contributed by atoms with Crippen molar-refractivity contribution in [3.63, 3.8) is 0 Å². The van der Waals surface area contributed by atoms with Crippen molar-refractivity contribution in [2.75, 3.05) is 11.4 Å². The molecule has 3 heteroatoms. The number of rotatable bonds is 2. The largest absolute Gasteiger partial charge is 0.354 e. The van der Waals surface area contributed by atoms with E-state index < -0.39 is 0 Å². The summed E-state index contributed by atoms with van der Waals surface area (Å²) in [6.45, 7) is 4.06. The molecule has 2 N–H and O–H groups in total. The summed E-state index contributed by atoms with van der Waals surface area (Å²) in [5.41, 5.74) is 9.92. The summed E-state index contributed by atoms with van der Waals surface area (Å²) in [5, 5.41) is 0. The van der Waals surface area contributed by atoms with Crippen LogP contribution in [-0.2, 0) is 19.4 Å². The molecule has 1 aliphatic heterocycles. The molecule has 0 amide bonds. The molecule has 0 saturated carbocycles. The fraction of sp³-hybridized carbons (Fsp3) is 0.667. The Hall–Kier alpha value is -1.09. The molecule has 1 saturated heterocycles. The van der Waals surface area contributed by atoms with Crippen molar-refractivity contribution in [3.8, 4) is 0 Å². The van der Waals surface area contributed by atoms with Crippen molar-refractivity contribution in [1.29, 1.82) is 0 Å². The first kappa shape index (κ1) is 12.0. The van der Waals surface area contributed by atoms with Crippen molar-refractivity contribution in [3.05, 3.63) is 22.9 Å². The van der Waals surface area contributed by atoms with E-state index in [4.69, 9.17) is 10.7 Å². The van der Waals surface area contributed by atoms with Crippen LogP contribution in [0.25, 0.3) is 0 Å². The molecule has 0 aromatic carbocycles. The Morgan fingerprint density at radius 1 is 1.33 bits per heavy atom. The van der Waals surface area contributed by atoms with Gasteiger partial charge in [0, 0.05) is 30.4 Å². The molecule has 1 fully saturated rings. The van der Waals surface area contributed by atoms with Gasteiger partial charge in [0.05, 0.1) is 0 Å². The van der Waals surface area contributed by atoms with Crippen LogP contribution in [-0.4, -0.2) is 17.6 Å². The van der Waals surface area contributed by atoms with E-state index in [2.05, 4.69) is 17.9 Å². The lowest BCUT2D eigenvalue weighted by Crippen LogP contribution is -2.39. The highest BCUT2D eigenvalue weighted by molar-refractivity contribution is 5.52. The number of piperidine rings is 1. The fourth-order valence-corrected chi connectivity index (χ4v) is 3.32. The molecular formula is C15H23N3. The van der Waals surface area contributed by atoms with Crippen LogP contribution in [0.15, 0.2) is 6.07 Å². The number of anilines is 1. The Morgan fingerprint density at radius 2 is 2.22 bits per heavy atom. The van der Waals surface area contributed by atoms with Gasteiger partial charge in [0.1, 0.15) is 5.82 Å². The van der Waals surface area contributed by atoms with Crippen molar-refractivity contribution in [2.24, 2.45) is 5.73 Å². The Kier molecular flexibility index (Phi) is 3.25. The molecule has 2 aliphatic rings. The minimum atomic E-state index is 0.607. The number of hydrogen-bond acceptors (Lipinski definition) is 3. The highest BCUT2D eigenvalue weighted by atomic mass is 15.2. The first-order chi connectivity index (χ1) is 8.79. The SMILES string of the molecule is CC1CCCCN1c1nc2c(cc1CN)CCC2. The second-order valence-electron chi connectivity index (χ2n) is 5.67. The van der Waals surface area contributed by atoms with Crippen LogP contribution in [0.5, 0.6) is 0 Å². The van der Waals surface area contributed by atoms with Gasteiger partial charge >= 0.3 is 0 Å². The molecule has 1 unspecified atom stereocenters. The predicted octanol–water partition coefficient (Wildman–Crippen LogP) is 2.41. The number of hydrogen-bond donors (Lipinski definition) is 1. The Balaban J connectivity index is 1.99. The summed E-state index contributed by atoms with van der Waals surface area (Å²) >= 11 is 0. The predicted molar refractivity (Wildman–Crippen MR) is 74.8 cm³/mol. The minimum Gasteiger partial charge on any atom is -0.354 e. The number of pyridine rings is 1. The van der Waals surface area contributed by atoms with Gasteiger partial charge in [0.2, 0.25) is 0 Å². The van der Waals surface area contributed by atoms with E-state index in [0.29, 0.717) is 12.6 Å². The summed E-state index contributed by atoms with van der Waals surface area (Å²) < 4.78 is 0. The molecule has 1 aromatic heterocycles. The monoisotopic (exact) mass is 245 g/mol. The lowest BCUT2D eigenvalue weighted by atomic mass is 10.0. The molecular weight excluding hydrogens is 222 g/mol. The van der Waals surface area contributed by atoms with Gasteiger partial charge in [-0.15, -0.1) is 0 Å². The summed E-state index contributed by atoms with van der Waals surface area (Å²) in [5.74, 6) is 1.17. The summed E-state index contributed by atoms with van der Waals surface area (Å²) in [6, 6.07) is 2.92. The molecule has 1 aliphatic carbocycles. The van der Waals surface area contributed by atoms with Crippen LogP contribution in [0.2, 0.25) is 0 Å². The zero-order chi connectivity index (χ0) is 12.5. The molecule has 0 radical (unpaired) electrons. The topological polar surface area (TPSA) is 42.2 Å². The first-order valence-electron chi connectivity index (χ1n) is 7.28. The van der Waals surface area contributed by atoms with Crippen molar-refractivity contribution in [1.82, 2.24) is 4.98 Å². The van der Waals surface area contributed by atoms with Crippen LogP contribution >= 0.6 is 0 Å². The van der Waals surface area contributed by atoms with Crippen molar-refractivity contribution < 1.29 is 0 Å². The van der Waals surface area contributed by atoms with Gasteiger partial charge in [-0.25, -0.2) is 4.98 Å². The average molecular weight is 245 g/mol. The van der Waals surface area contributed by atoms with Crippen LogP contribution in [0.3, 0.4) is 0 Å². The van der Waals surface area contributed by atoms with Crippen LogP contribution in [0.1, 0.15) is 49.4 Å². The fourth-order valence-electron chi connectivity index (χ4n) is 3.32. The van der Waals surface area contributed by atoms with Gasteiger partial charge in [0.25, 0.3) is 0 Å². The minimum absolute atomic E-state index is 0.607. The second kappa shape index (κ2) is 4.88. The maximum atomic E-state index is 5.93. The Labute approximate surface area is 109 Å². The van der Waals surface area contributed by atoms with Crippen LogP contribution in [0, 0.1) is 0 Å². The maximum absolute atomic E-state index is 5.93. The van der Waals surface area contributed by atoms with Gasteiger partial charge in [0.15, 0.2) is 0 Å². The van der Waals surface area contributed by atoms with Gasteiger partial charge in [-0.2, -0.15) is 0 Å². The average Bonchev–Trinajstić information content (AvgIpc) is 2.85. The molecule has 18 heavy (non-hydrogen) atoms. The Morgan fingerprint density at radius 3 is 3.00 bits per heavy atom. The summed E-state index contributed by atoms with van der Waals surface area (Å²) in [7, 11) is 0. The van der Waals surface area contributed by atoms with E-state index in [1.54, 1.807) is 0 Å². The summed E-state index contributed by atoms with van der Waals surface area (Å²) in [6.07, 6.45) is 7.50. The van der Waals surface area contributed by atoms with Gasteiger partial charge in [-0.05, 0) is 57.1 Å². The number of fused-ring (bicyclic) bond motifs is 1. The Bertz CT molecular complexity index is 442. The van der Waals surface area contributed by atoms with Crippen molar-refractivity contribution in [2.45, 2.75) is 58.0 Å². The molecule has 2 heterocycles. The maximum Gasteiger partial charge on any atom is 0.133 e. The van der Waals surface area contributed by atoms with E-state index >= 15 is 0 Å². The van der Waals surface area contributed by atoms with Gasteiger partial charge in [-0.3, -0.25) is 0 Å². The zero-order valence-electron chi connectivity index (χ0n) is 11.3. The lowest BCUT2D eigenvalue weighted by molar-refractivity contribution is 0.479. The third-order valence-electron chi connectivity index (χ3n) is 4.40. The zero-order valence-corrected chi connectivity index (χ0v) is 11.3. The second-order valence-corrected chi connectivity index (χ2v) is 5.67. The van der Waals surface area contributed by atoms with Gasteiger partial charge in [-0.1, -0.05) is 0 Å². The normalized spacial score (nSPS) is 23.2. The van der Waals surface area contributed by atoms with E-state index in [1.807, 2.05) is 0 Å². The number of nitrogens with two attached hydrogens (primary N) is 1. The molecule has 0 bridgehead atoms. The van der Waals surface area contributed by atoms with E-state index in [0.717, 1.165) is 13.0 Å². The number of nitrogens with zero attached hydrogens (tertiary/aromatic N) is 2. The van der Waals surface area contributed by atoms with E-state index in [-0.39, 0.29) is 0 Å².